The van der Waals surface area contributed by atoms with E-state index >= 15 is 0 Å². The topological polar surface area (TPSA) is 78.9 Å². The first kappa shape index (κ1) is 14.5. The number of rotatable bonds is 3. The van der Waals surface area contributed by atoms with E-state index in [4.69, 9.17) is 14.2 Å². The summed E-state index contributed by atoms with van der Waals surface area (Å²) in [5, 5.41) is 0. The fourth-order valence-electron chi connectivity index (χ4n) is 3.08. The second-order valence-electron chi connectivity index (χ2n) is 4.88. The Labute approximate surface area is 116 Å². The summed E-state index contributed by atoms with van der Waals surface area (Å²) in [5.74, 6) is -3.79. The molecular formula is C14H16O6. The summed E-state index contributed by atoms with van der Waals surface area (Å²) in [6, 6.07) is 0. The number of carbonyl (C=O) groups is 3. The maximum atomic E-state index is 12.1. The molecule has 0 saturated carbocycles. The SMILES string of the molecule is C=C1C(=C)[C@]2(C(C)=O)O[C@H]1[C@@H](C(=O)OC)[C@H]2C(=O)OC. The van der Waals surface area contributed by atoms with Crippen molar-refractivity contribution in [3.05, 3.63) is 24.3 Å². The van der Waals surface area contributed by atoms with Gasteiger partial charge in [0.05, 0.1) is 20.3 Å². The molecule has 0 aromatic heterocycles. The molecule has 2 bridgehead atoms. The van der Waals surface area contributed by atoms with Crippen LogP contribution in [0.2, 0.25) is 0 Å². The lowest BCUT2D eigenvalue weighted by Gasteiger charge is -2.33. The highest BCUT2D eigenvalue weighted by Gasteiger charge is 2.70. The van der Waals surface area contributed by atoms with Gasteiger partial charge in [-0.25, -0.2) is 0 Å². The van der Waals surface area contributed by atoms with Gasteiger partial charge < -0.3 is 14.2 Å². The summed E-state index contributed by atoms with van der Waals surface area (Å²) >= 11 is 0. The highest BCUT2D eigenvalue weighted by molar-refractivity contribution is 6.00. The first-order chi connectivity index (χ1) is 9.32. The lowest BCUT2D eigenvalue weighted by atomic mass is 9.66. The molecule has 0 radical (unpaired) electrons. The van der Waals surface area contributed by atoms with Crippen molar-refractivity contribution >= 4 is 17.7 Å². The molecule has 2 aliphatic rings. The summed E-state index contributed by atoms with van der Waals surface area (Å²) in [5.41, 5.74) is -0.811. The van der Waals surface area contributed by atoms with Crippen molar-refractivity contribution in [1.29, 1.82) is 0 Å². The molecule has 2 rings (SSSR count). The van der Waals surface area contributed by atoms with Crippen LogP contribution >= 0.6 is 0 Å². The van der Waals surface area contributed by atoms with Crippen molar-refractivity contribution in [2.24, 2.45) is 11.8 Å². The van der Waals surface area contributed by atoms with E-state index < -0.39 is 41.3 Å². The summed E-state index contributed by atoms with van der Waals surface area (Å²) in [6.45, 7) is 8.88. The molecule has 2 saturated heterocycles. The van der Waals surface area contributed by atoms with Crippen molar-refractivity contribution in [3.8, 4) is 0 Å². The number of carbonyl (C=O) groups excluding carboxylic acids is 3. The fourth-order valence-corrected chi connectivity index (χ4v) is 3.08. The van der Waals surface area contributed by atoms with E-state index in [1.807, 2.05) is 0 Å². The van der Waals surface area contributed by atoms with Crippen molar-refractivity contribution in [1.82, 2.24) is 0 Å². The summed E-state index contributed by atoms with van der Waals surface area (Å²) in [6.07, 6.45) is -0.789. The number of fused-ring (bicyclic) bond motifs is 2. The minimum absolute atomic E-state index is 0.325. The van der Waals surface area contributed by atoms with Crippen LogP contribution in [0, 0.1) is 11.8 Å². The average molecular weight is 280 g/mol. The molecule has 2 aliphatic heterocycles. The van der Waals surface area contributed by atoms with Crippen molar-refractivity contribution in [2.45, 2.75) is 18.6 Å². The third-order valence-electron chi connectivity index (χ3n) is 4.07. The number of methoxy groups -OCH3 is 2. The van der Waals surface area contributed by atoms with E-state index in [2.05, 4.69) is 13.2 Å². The van der Waals surface area contributed by atoms with Crippen LogP contribution in [-0.4, -0.2) is 43.6 Å². The quantitative estimate of drug-likeness (QED) is 0.697. The van der Waals surface area contributed by atoms with Gasteiger partial charge >= 0.3 is 11.9 Å². The summed E-state index contributed by atoms with van der Waals surface area (Å²) in [7, 11) is 2.40. The number of Topliss-reactive ketones (excluding diaryl/α,β-unsaturated/α-hetero) is 1. The molecule has 0 aromatic rings. The van der Waals surface area contributed by atoms with Crippen LogP contribution in [0.15, 0.2) is 24.3 Å². The molecule has 0 spiro atoms. The lowest BCUT2D eigenvalue weighted by molar-refractivity contribution is -0.160. The highest BCUT2D eigenvalue weighted by atomic mass is 16.6. The Hall–Kier alpha value is -1.95. The number of ketones is 1. The van der Waals surface area contributed by atoms with Gasteiger partial charge in [0.15, 0.2) is 11.4 Å². The molecule has 6 heteroatoms. The van der Waals surface area contributed by atoms with Crippen LogP contribution in [0.1, 0.15) is 6.92 Å². The molecule has 4 atom stereocenters. The second kappa shape index (κ2) is 4.56. The number of ether oxygens (including phenoxy) is 3. The largest absolute Gasteiger partial charge is 0.469 e. The number of esters is 2. The standard InChI is InChI=1S/C14H16O6/c1-6-7(2)14(8(3)15)10(13(17)19-5)9(11(6)20-14)12(16)18-4/h9-11H,1-2H2,3-5H3/t9-,10-,11+,14+/m0/s1. The zero-order valence-corrected chi connectivity index (χ0v) is 11.6. The van der Waals surface area contributed by atoms with Crippen LogP contribution in [-0.2, 0) is 28.6 Å². The van der Waals surface area contributed by atoms with Gasteiger partial charge in [0, 0.05) is 0 Å². The summed E-state index contributed by atoms with van der Waals surface area (Å²) < 4.78 is 15.1. The Balaban J connectivity index is 2.61. The van der Waals surface area contributed by atoms with E-state index in [1.54, 1.807) is 0 Å². The van der Waals surface area contributed by atoms with Crippen LogP contribution in [0.3, 0.4) is 0 Å². The highest BCUT2D eigenvalue weighted by Crippen LogP contribution is 2.56. The molecule has 20 heavy (non-hydrogen) atoms. The monoisotopic (exact) mass is 280 g/mol. The van der Waals surface area contributed by atoms with Gasteiger partial charge in [-0.2, -0.15) is 0 Å². The van der Waals surface area contributed by atoms with E-state index in [0.29, 0.717) is 11.1 Å². The van der Waals surface area contributed by atoms with Gasteiger partial charge in [-0.15, -0.1) is 0 Å². The zero-order chi connectivity index (χ0) is 15.2. The molecule has 0 unspecified atom stereocenters. The first-order valence-corrected chi connectivity index (χ1v) is 6.06. The Kier molecular flexibility index (Phi) is 3.29. The molecule has 0 N–H and O–H groups in total. The zero-order valence-electron chi connectivity index (χ0n) is 11.6. The number of hydrogen-bond acceptors (Lipinski definition) is 6. The van der Waals surface area contributed by atoms with Gasteiger partial charge in [0.1, 0.15) is 11.8 Å². The maximum Gasteiger partial charge on any atom is 0.313 e. The van der Waals surface area contributed by atoms with Crippen LogP contribution < -0.4 is 0 Å². The Morgan fingerprint density at radius 3 is 2.15 bits per heavy atom. The minimum atomic E-state index is -1.58. The van der Waals surface area contributed by atoms with Crippen molar-refractivity contribution < 1.29 is 28.6 Å². The fraction of sp³-hybridized carbons (Fsp3) is 0.500. The second-order valence-corrected chi connectivity index (χ2v) is 4.88. The van der Waals surface area contributed by atoms with Crippen LogP contribution in [0.5, 0.6) is 0 Å². The van der Waals surface area contributed by atoms with Crippen LogP contribution in [0.25, 0.3) is 0 Å². The lowest BCUT2D eigenvalue weighted by Crippen LogP contribution is -2.51. The third-order valence-corrected chi connectivity index (χ3v) is 4.07. The van der Waals surface area contributed by atoms with Gasteiger partial charge in [0.2, 0.25) is 0 Å². The molecule has 2 fully saturated rings. The van der Waals surface area contributed by atoms with E-state index in [1.165, 1.54) is 21.1 Å². The van der Waals surface area contributed by atoms with Gasteiger partial charge in [0.25, 0.3) is 0 Å². The summed E-state index contributed by atoms with van der Waals surface area (Å²) in [4.78, 5) is 36.1. The van der Waals surface area contributed by atoms with Gasteiger partial charge in [-0.1, -0.05) is 13.2 Å². The molecule has 0 aromatic carbocycles. The maximum absolute atomic E-state index is 12.1. The minimum Gasteiger partial charge on any atom is -0.469 e. The Morgan fingerprint density at radius 1 is 1.15 bits per heavy atom. The first-order valence-electron chi connectivity index (χ1n) is 6.06. The molecule has 2 heterocycles. The Bertz CT molecular complexity index is 534. The number of hydrogen-bond donors (Lipinski definition) is 0. The third kappa shape index (κ3) is 1.51. The van der Waals surface area contributed by atoms with E-state index in [9.17, 15) is 14.4 Å². The van der Waals surface area contributed by atoms with Crippen LogP contribution in [0.4, 0.5) is 0 Å². The van der Waals surface area contributed by atoms with E-state index in [0.717, 1.165) is 0 Å². The molecular weight excluding hydrogens is 264 g/mol. The van der Waals surface area contributed by atoms with E-state index in [-0.39, 0.29) is 0 Å². The molecule has 0 amide bonds. The van der Waals surface area contributed by atoms with Crippen molar-refractivity contribution in [2.75, 3.05) is 14.2 Å². The molecule has 0 aliphatic carbocycles. The van der Waals surface area contributed by atoms with Gasteiger partial charge in [-0.3, -0.25) is 14.4 Å². The smallest absolute Gasteiger partial charge is 0.313 e. The van der Waals surface area contributed by atoms with Crippen molar-refractivity contribution in [3.63, 3.8) is 0 Å². The molecule has 6 nitrogen and oxygen atoms in total. The molecule has 108 valence electrons. The predicted molar refractivity (Wildman–Crippen MR) is 67.6 cm³/mol. The average Bonchev–Trinajstić information content (AvgIpc) is 2.91. The Morgan fingerprint density at radius 2 is 1.70 bits per heavy atom. The van der Waals surface area contributed by atoms with Gasteiger partial charge in [-0.05, 0) is 18.1 Å². The predicted octanol–water partition coefficient (Wildman–Crippen LogP) is 0.417. The normalized spacial score (nSPS) is 35.0.